The predicted octanol–water partition coefficient (Wildman–Crippen LogP) is 5.44. The second kappa shape index (κ2) is 14.0. The lowest BCUT2D eigenvalue weighted by molar-refractivity contribution is -0.115. The molecule has 44 heavy (non-hydrogen) atoms. The molecule has 228 valence electrons. The van der Waals surface area contributed by atoms with Crippen LogP contribution >= 0.6 is 0 Å². The first-order valence-corrected chi connectivity index (χ1v) is 14.4. The zero-order chi connectivity index (χ0) is 31.1. The summed E-state index contributed by atoms with van der Waals surface area (Å²) in [6.07, 6.45) is 0.979. The van der Waals surface area contributed by atoms with Crippen molar-refractivity contribution in [2.45, 2.75) is 12.8 Å². The van der Waals surface area contributed by atoms with E-state index in [0.29, 0.717) is 39.8 Å². The molecule has 9 nitrogen and oxygen atoms in total. The van der Waals surface area contributed by atoms with Crippen molar-refractivity contribution in [1.82, 2.24) is 9.88 Å². The van der Waals surface area contributed by atoms with Crippen molar-refractivity contribution in [2.75, 3.05) is 53.4 Å². The van der Waals surface area contributed by atoms with Gasteiger partial charge in [-0.2, -0.15) is 0 Å². The van der Waals surface area contributed by atoms with E-state index in [-0.39, 0.29) is 17.8 Å². The molecule has 9 heteroatoms. The maximum atomic E-state index is 13.2. The standard InChI is InChI=1S/C35H37N3O6/c1-38(18-17-23-11-16-29(41-2)31(21-23)43-4)19-20-44-26-14-12-25(13-15-26)36-32(39)22-24-7-5-8-27-33(24)37-34-28(35(27)40)9-6-10-30(34)42-3/h5-16,21H,17-20,22H2,1-4H3,(H,36,39)(H,37,40). The lowest BCUT2D eigenvalue weighted by Crippen LogP contribution is -2.26. The molecule has 0 bridgehead atoms. The minimum absolute atomic E-state index is 0.0990. The molecule has 0 fully saturated rings. The first-order chi connectivity index (χ1) is 21.4. The highest BCUT2D eigenvalue weighted by Crippen LogP contribution is 2.28. The molecule has 1 amide bonds. The second-order valence-corrected chi connectivity index (χ2v) is 10.5. The Bertz CT molecular complexity index is 1820. The number of aromatic amines is 1. The molecular weight excluding hydrogens is 558 g/mol. The SMILES string of the molecule is COc1ccc(CCN(C)CCOc2ccc(NC(=O)Cc3cccc4c(=O)c5cccc(OC)c5[nH]c34)cc2)cc1OC. The number of carbonyl (C=O) groups excluding carboxylic acids is 1. The van der Waals surface area contributed by atoms with Crippen LogP contribution in [0.15, 0.2) is 83.7 Å². The van der Waals surface area contributed by atoms with Gasteiger partial charge in [0.2, 0.25) is 5.91 Å². The number of hydrogen-bond acceptors (Lipinski definition) is 7. The number of anilines is 1. The number of carbonyl (C=O) groups is 1. The van der Waals surface area contributed by atoms with E-state index in [1.54, 1.807) is 51.7 Å². The minimum Gasteiger partial charge on any atom is -0.495 e. The summed E-state index contributed by atoms with van der Waals surface area (Å²) >= 11 is 0. The minimum atomic E-state index is -0.191. The number of ether oxygens (including phenoxy) is 4. The van der Waals surface area contributed by atoms with Crippen LogP contribution in [0.25, 0.3) is 21.8 Å². The lowest BCUT2D eigenvalue weighted by Gasteiger charge is -2.17. The molecule has 0 atom stereocenters. The zero-order valence-electron chi connectivity index (χ0n) is 25.4. The Hall–Kier alpha value is -5.02. The normalized spacial score (nSPS) is 11.1. The van der Waals surface area contributed by atoms with Crippen molar-refractivity contribution in [1.29, 1.82) is 0 Å². The van der Waals surface area contributed by atoms with Gasteiger partial charge in [0.15, 0.2) is 16.9 Å². The van der Waals surface area contributed by atoms with E-state index < -0.39 is 0 Å². The summed E-state index contributed by atoms with van der Waals surface area (Å²) < 4.78 is 22.1. The molecule has 5 aromatic rings. The average molecular weight is 596 g/mol. The molecule has 0 aliphatic carbocycles. The number of benzene rings is 4. The van der Waals surface area contributed by atoms with Crippen molar-refractivity contribution in [3.05, 3.63) is 100 Å². The van der Waals surface area contributed by atoms with Gasteiger partial charge in [0.25, 0.3) is 0 Å². The van der Waals surface area contributed by atoms with Crippen molar-refractivity contribution in [3.8, 4) is 23.0 Å². The number of pyridine rings is 1. The zero-order valence-corrected chi connectivity index (χ0v) is 25.4. The number of rotatable bonds is 13. The van der Waals surface area contributed by atoms with Gasteiger partial charge in [0.1, 0.15) is 18.1 Å². The Morgan fingerprint density at radius 2 is 1.50 bits per heavy atom. The summed E-state index contributed by atoms with van der Waals surface area (Å²) in [6, 6.07) is 24.1. The van der Waals surface area contributed by atoms with Crippen molar-refractivity contribution in [2.24, 2.45) is 0 Å². The van der Waals surface area contributed by atoms with Gasteiger partial charge in [-0.1, -0.05) is 24.3 Å². The third kappa shape index (κ3) is 6.95. The number of aromatic nitrogens is 1. The van der Waals surface area contributed by atoms with Crippen LogP contribution in [-0.4, -0.2) is 63.9 Å². The Kier molecular flexibility index (Phi) is 9.66. The predicted molar refractivity (Wildman–Crippen MR) is 174 cm³/mol. The van der Waals surface area contributed by atoms with Crippen LogP contribution in [-0.2, 0) is 17.6 Å². The van der Waals surface area contributed by atoms with Gasteiger partial charge < -0.3 is 34.1 Å². The monoisotopic (exact) mass is 595 g/mol. The third-order valence-corrected chi connectivity index (χ3v) is 7.60. The van der Waals surface area contributed by atoms with E-state index in [2.05, 4.69) is 22.2 Å². The maximum Gasteiger partial charge on any atom is 0.228 e. The molecule has 0 unspecified atom stereocenters. The molecule has 4 aromatic carbocycles. The number of H-pyrrole nitrogens is 1. The molecule has 0 spiro atoms. The van der Waals surface area contributed by atoms with E-state index in [1.165, 1.54) is 5.56 Å². The summed E-state index contributed by atoms with van der Waals surface area (Å²) in [6.45, 7) is 2.17. The van der Waals surface area contributed by atoms with Crippen molar-refractivity contribution in [3.63, 3.8) is 0 Å². The van der Waals surface area contributed by atoms with Gasteiger partial charge in [-0.3, -0.25) is 9.59 Å². The molecule has 0 aliphatic rings. The molecule has 0 saturated carbocycles. The van der Waals surface area contributed by atoms with Crippen LogP contribution in [0.5, 0.6) is 23.0 Å². The molecule has 5 rings (SSSR count). The van der Waals surface area contributed by atoms with Gasteiger partial charge in [-0.05, 0) is 79.2 Å². The van der Waals surface area contributed by atoms with Crippen molar-refractivity contribution < 1.29 is 23.7 Å². The molecule has 0 aliphatic heterocycles. The fourth-order valence-corrected chi connectivity index (χ4v) is 5.17. The number of nitrogens with one attached hydrogen (secondary N) is 2. The quantitative estimate of drug-likeness (QED) is 0.175. The highest BCUT2D eigenvalue weighted by atomic mass is 16.5. The average Bonchev–Trinajstić information content (AvgIpc) is 3.04. The van der Waals surface area contributed by atoms with Gasteiger partial charge in [-0.25, -0.2) is 0 Å². The first-order valence-electron chi connectivity index (χ1n) is 14.4. The molecule has 0 saturated heterocycles. The van der Waals surface area contributed by atoms with Crippen molar-refractivity contribution >= 4 is 33.4 Å². The Morgan fingerprint density at radius 3 is 2.23 bits per heavy atom. The summed E-state index contributed by atoms with van der Waals surface area (Å²) in [5, 5.41) is 4.02. The number of fused-ring (bicyclic) bond motifs is 2. The molecule has 1 aromatic heterocycles. The molecular formula is C35H37N3O6. The molecule has 2 N–H and O–H groups in total. The van der Waals surface area contributed by atoms with E-state index in [9.17, 15) is 9.59 Å². The Balaban J connectivity index is 1.13. The first kappa shape index (κ1) is 30.4. The number of nitrogens with zero attached hydrogens (tertiary/aromatic N) is 1. The fourth-order valence-electron chi connectivity index (χ4n) is 5.17. The van der Waals surface area contributed by atoms with E-state index in [0.717, 1.165) is 42.3 Å². The second-order valence-electron chi connectivity index (χ2n) is 10.5. The Morgan fingerprint density at radius 1 is 0.795 bits per heavy atom. The van der Waals surface area contributed by atoms with E-state index in [1.807, 2.05) is 48.5 Å². The third-order valence-electron chi connectivity index (χ3n) is 7.60. The summed E-state index contributed by atoms with van der Waals surface area (Å²) in [5.41, 5.74) is 3.70. The topological polar surface area (TPSA) is 102 Å². The number of para-hydroxylation sites is 2. The van der Waals surface area contributed by atoms with Crippen LogP contribution in [0.3, 0.4) is 0 Å². The van der Waals surface area contributed by atoms with Gasteiger partial charge in [-0.15, -0.1) is 0 Å². The lowest BCUT2D eigenvalue weighted by atomic mass is 10.0. The number of amides is 1. The number of likely N-dealkylation sites (N-methyl/N-ethyl adjacent to an activating group) is 1. The Labute approximate surface area is 256 Å². The van der Waals surface area contributed by atoms with Gasteiger partial charge >= 0.3 is 0 Å². The van der Waals surface area contributed by atoms with Crippen LogP contribution in [0, 0.1) is 0 Å². The molecule has 0 radical (unpaired) electrons. The smallest absolute Gasteiger partial charge is 0.228 e. The van der Waals surface area contributed by atoms with E-state index in [4.69, 9.17) is 18.9 Å². The van der Waals surface area contributed by atoms with Crippen LogP contribution in [0.1, 0.15) is 11.1 Å². The van der Waals surface area contributed by atoms with Crippen LogP contribution in [0.4, 0.5) is 5.69 Å². The summed E-state index contributed by atoms with van der Waals surface area (Å²) in [5.74, 6) is 2.56. The van der Waals surface area contributed by atoms with E-state index >= 15 is 0 Å². The summed E-state index contributed by atoms with van der Waals surface area (Å²) in [4.78, 5) is 31.7. The maximum absolute atomic E-state index is 13.2. The van der Waals surface area contributed by atoms with Crippen LogP contribution < -0.4 is 29.7 Å². The molecule has 1 heterocycles. The number of methoxy groups -OCH3 is 3. The highest BCUT2D eigenvalue weighted by Gasteiger charge is 2.14. The highest BCUT2D eigenvalue weighted by molar-refractivity contribution is 5.99. The van der Waals surface area contributed by atoms with Gasteiger partial charge in [0.05, 0.1) is 38.8 Å². The van der Waals surface area contributed by atoms with Crippen LogP contribution in [0.2, 0.25) is 0 Å². The largest absolute Gasteiger partial charge is 0.495 e. The van der Waals surface area contributed by atoms with Gasteiger partial charge in [0, 0.05) is 29.5 Å². The fraction of sp³-hybridized carbons (Fsp3) is 0.257. The summed E-state index contributed by atoms with van der Waals surface area (Å²) in [7, 11) is 6.90. The number of hydrogen-bond donors (Lipinski definition) is 2.